The molecule has 0 fully saturated rings. The van der Waals surface area contributed by atoms with Crippen LogP contribution in [0.4, 0.5) is 0 Å². The molecule has 0 heterocycles. The van der Waals surface area contributed by atoms with Crippen molar-refractivity contribution in [1.29, 1.82) is 0 Å². The molecule has 1 atom stereocenters. The van der Waals surface area contributed by atoms with Gasteiger partial charge in [-0.25, -0.2) is 0 Å². The second kappa shape index (κ2) is 13.2. The van der Waals surface area contributed by atoms with E-state index in [1.54, 1.807) is 0 Å². The van der Waals surface area contributed by atoms with E-state index in [1.807, 2.05) is 0 Å². The van der Waals surface area contributed by atoms with E-state index in [-0.39, 0.29) is 74.8 Å². The van der Waals surface area contributed by atoms with Crippen molar-refractivity contribution >= 4 is 23.6 Å². The maximum Gasteiger partial charge on any atom is 1.00 e. The molecule has 0 radical (unpaired) electrons. The summed E-state index contributed by atoms with van der Waals surface area (Å²) in [5.74, 6) is -0.771. The topological polar surface area (TPSA) is 80.7 Å². The van der Waals surface area contributed by atoms with Crippen molar-refractivity contribution in [2.45, 2.75) is 19.3 Å². The molecule has 0 bridgehead atoms. The molecular weight excluding hydrogens is 218 g/mol. The molecule has 13 heavy (non-hydrogen) atoms. The van der Waals surface area contributed by atoms with Crippen molar-refractivity contribution in [2.75, 3.05) is 0 Å². The summed E-state index contributed by atoms with van der Waals surface area (Å²) in [6.07, 6.45) is 1.26. The van der Waals surface area contributed by atoms with Crippen LogP contribution in [0.1, 0.15) is 22.1 Å². The van der Waals surface area contributed by atoms with Crippen LogP contribution in [0, 0.1) is 0 Å². The maximum atomic E-state index is 10.4. The van der Waals surface area contributed by atoms with Gasteiger partial charge in [0, 0.05) is 12.8 Å². The van der Waals surface area contributed by atoms with Crippen LogP contribution < -0.4 is 59.1 Å². The van der Waals surface area contributed by atoms with Crippen LogP contribution in [-0.4, -0.2) is 21.0 Å². The van der Waals surface area contributed by atoms with Gasteiger partial charge in [-0.3, -0.25) is 9.35 Å². The molecule has 0 aromatic carbocycles. The zero-order chi connectivity index (χ0) is 8.69. The fourth-order valence-corrected chi connectivity index (χ4v) is 0.693. The fraction of sp³-hybridized carbons (Fsp3) is 0.600. The van der Waals surface area contributed by atoms with Gasteiger partial charge in [0.25, 0.3) is 0 Å². The van der Waals surface area contributed by atoms with Crippen LogP contribution in [0.2, 0.25) is 0 Å². The third-order valence-corrected chi connectivity index (χ3v) is 1.20. The second-order valence-corrected chi connectivity index (χ2v) is 2.33. The summed E-state index contributed by atoms with van der Waals surface area (Å²) in [6, 6.07) is 0. The van der Waals surface area contributed by atoms with Crippen molar-refractivity contribution in [3.63, 3.8) is 0 Å². The molecule has 8 heteroatoms. The van der Waals surface area contributed by atoms with Crippen LogP contribution in [-0.2, 0) is 25.1 Å². The number of hydrogen-bond donors (Lipinski definition) is 1. The monoisotopic (exact) mass is 228 g/mol. The Morgan fingerprint density at radius 3 is 2.46 bits per heavy atom. The minimum atomic E-state index is -2.54. The Morgan fingerprint density at radius 1 is 1.54 bits per heavy atom. The third kappa shape index (κ3) is 16.0. The zero-order valence-corrected chi connectivity index (χ0v) is 12.5. The number of hydrogen-bond acceptors (Lipinski definition) is 4. The van der Waals surface area contributed by atoms with Gasteiger partial charge in [-0.1, -0.05) is 0 Å². The summed E-state index contributed by atoms with van der Waals surface area (Å²) in [4.78, 5) is 20.2. The van der Waals surface area contributed by atoms with E-state index >= 15 is 0 Å². The first-order chi connectivity index (χ1) is 5.16. The minimum absolute atomic E-state index is 0. The van der Waals surface area contributed by atoms with E-state index in [1.165, 1.54) is 0 Å². The Balaban J connectivity index is -0.0000000833. The molecule has 0 aromatic heterocycles. The molecule has 1 unspecified atom stereocenters. The smallest absolute Gasteiger partial charge is 1.00 e. The predicted molar refractivity (Wildman–Crippen MR) is 39.0 cm³/mol. The maximum absolute atomic E-state index is 10.4. The second-order valence-electron chi connectivity index (χ2n) is 1.73. The average Bonchev–Trinajstić information content (AvgIpc) is 1.86. The van der Waals surface area contributed by atoms with Crippen molar-refractivity contribution in [1.82, 2.24) is 0 Å². The third-order valence-electron chi connectivity index (χ3n) is 0.867. The van der Waals surface area contributed by atoms with Gasteiger partial charge in [-0.05, 0) is 6.42 Å². The minimum Gasteiger partial charge on any atom is -1.00 e. The number of carbonyl (C=O) groups is 2. The quantitative estimate of drug-likeness (QED) is 0.219. The van der Waals surface area contributed by atoms with Crippen molar-refractivity contribution in [3.8, 4) is 0 Å². The number of carbonyl (C=O) groups excluding carboxylic acids is 2. The molecule has 0 aromatic rings. The molecule has 0 aliphatic heterocycles. The summed E-state index contributed by atoms with van der Waals surface area (Å²) in [5.41, 5.74) is 0. The summed E-state index contributed by atoms with van der Waals surface area (Å²) < 4.78 is 21.7. The van der Waals surface area contributed by atoms with Crippen LogP contribution in [0.3, 0.4) is 0 Å². The van der Waals surface area contributed by atoms with Crippen molar-refractivity contribution < 1.29 is 84.5 Å². The van der Waals surface area contributed by atoms with Crippen LogP contribution in [0.25, 0.3) is 0 Å². The van der Waals surface area contributed by atoms with Crippen molar-refractivity contribution in [3.05, 3.63) is 0 Å². The summed E-state index contributed by atoms with van der Waals surface area (Å²) in [7, 11) is 0. The first kappa shape index (κ1) is 19.8. The molecule has 1 N–H and O–H groups in total. The first-order valence-electron chi connectivity index (χ1n) is 2.92. The molecule has 0 amide bonds. The molecule has 0 spiro atoms. The Hall–Kier alpha value is 1.25. The molecule has 68 valence electrons. The van der Waals surface area contributed by atoms with Gasteiger partial charge in [-0.15, -0.1) is 0 Å². The summed E-state index contributed by atoms with van der Waals surface area (Å²) in [5, 5.41) is 0. The van der Waals surface area contributed by atoms with E-state index in [4.69, 9.17) is 4.55 Å². The Kier molecular flexibility index (Phi) is 20.1. The first-order valence-corrected chi connectivity index (χ1v) is 3.95. The van der Waals surface area contributed by atoms with E-state index in [0.29, 0.717) is 12.7 Å². The molecule has 5 nitrogen and oxygen atoms in total. The van der Waals surface area contributed by atoms with E-state index < -0.39 is 17.3 Å². The van der Waals surface area contributed by atoms with Crippen molar-refractivity contribution in [2.24, 2.45) is 0 Å². The van der Waals surface area contributed by atoms with Gasteiger partial charge in [0.15, 0.2) is 0 Å². The molecular formula is C5H10Na2O5S. The Bertz CT molecular complexity index is 183. The van der Waals surface area contributed by atoms with Gasteiger partial charge >= 0.3 is 76.4 Å². The molecule has 0 aliphatic carbocycles. The van der Waals surface area contributed by atoms with Gasteiger partial charge in [0.2, 0.25) is 0 Å². The van der Waals surface area contributed by atoms with E-state index in [9.17, 15) is 13.8 Å². The standard InChI is InChI=1S/C5H8O5S.2Na.2H/c6-4-2-1-3-5(7)10-11(8)9;;;;/h4H,1-3H2,(H,8,9);;;;/q;2*+1;2*-1. The predicted octanol–water partition coefficient (Wildman–Crippen LogP) is -5.73. The van der Waals surface area contributed by atoms with Gasteiger partial charge < -0.3 is 11.8 Å². The largest absolute Gasteiger partial charge is 1.00 e. The number of rotatable bonds is 5. The van der Waals surface area contributed by atoms with E-state index in [0.717, 1.165) is 0 Å². The number of aldehydes is 1. The van der Waals surface area contributed by atoms with Crippen LogP contribution in [0.15, 0.2) is 0 Å². The zero-order valence-electron chi connectivity index (χ0n) is 9.69. The SMILES string of the molecule is O=CCCCC(=O)OS(=O)O.[H-].[H-].[Na+].[Na+]. The van der Waals surface area contributed by atoms with Gasteiger partial charge in [0.05, 0.1) is 0 Å². The van der Waals surface area contributed by atoms with Gasteiger partial charge in [-0.2, -0.15) is 4.21 Å². The normalized spacial score (nSPS) is 10.2. The van der Waals surface area contributed by atoms with Crippen LogP contribution in [0.5, 0.6) is 0 Å². The van der Waals surface area contributed by atoms with Crippen LogP contribution >= 0.6 is 0 Å². The average molecular weight is 228 g/mol. The summed E-state index contributed by atoms with van der Waals surface area (Å²) >= 11 is -2.54. The number of unbranched alkanes of at least 4 members (excludes halogenated alkanes) is 1. The Labute approximate surface area is 126 Å². The Morgan fingerprint density at radius 2 is 2.08 bits per heavy atom. The molecule has 0 saturated carbocycles. The molecule has 0 saturated heterocycles. The van der Waals surface area contributed by atoms with E-state index in [2.05, 4.69) is 4.18 Å². The van der Waals surface area contributed by atoms with Gasteiger partial charge in [0.1, 0.15) is 6.29 Å². The molecule has 0 aliphatic rings. The fourth-order valence-electron chi connectivity index (χ4n) is 0.451. The summed E-state index contributed by atoms with van der Waals surface area (Å²) in [6.45, 7) is 0. The molecule has 0 rings (SSSR count).